The summed E-state index contributed by atoms with van der Waals surface area (Å²) in [6.07, 6.45) is 0.406. The van der Waals surface area contributed by atoms with Crippen LogP contribution >= 0.6 is 11.8 Å². The van der Waals surface area contributed by atoms with Crippen LogP contribution in [0.3, 0.4) is 0 Å². The van der Waals surface area contributed by atoms with Crippen molar-refractivity contribution in [2.75, 3.05) is 11.5 Å². The van der Waals surface area contributed by atoms with E-state index in [1.165, 1.54) is 6.92 Å². The first-order valence-electron chi connectivity index (χ1n) is 5.89. The molecule has 1 aliphatic carbocycles. The van der Waals surface area contributed by atoms with Crippen LogP contribution in [0.1, 0.15) is 19.8 Å². The Bertz CT molecular complexity index is 484. The van der Waals surface area contributed by atoms with E-state index in [9.17, 15) is 19.2 Å². The third kappa shape index (κ3) is 4.37. The second kappa shape index (κ2) is 7.09. The normalized spacial score (nSPS) is 16.1. The Kier molecular flexibility index (Phi) is 5.75. The van der Waals surface area contributed by atoms with Crippen LogP contribution in [0.25, 0.3) is 0 Å². The van der Waals surface area contributed by atoms with Crippen LogP contribution in [0.5, 0.6) is 0 Å². The highest BCUT2D eigenvalue weighted by Gasteiger charge is 2.27. The van der Waals surface area contributed by atoms with Gasteiger partial charge in [-0.2, -0.15) is 11.8 Å². The van der Waals surface area contributed by atoms with E-state index in [0.717, 1.165) is 11.8 Å². The standard InChI is InChI=1S/C12H15NO6S/c1-6(14)13-9(12(18)19)5-20-4-8-7(11(16)17)2-3-10(8)15/h9H,2-5H2,1H3,(H,13,14)(H,16,17)(H,18,19)/t9-/m0/s1. The van der Waals surface area contributed by atoms with E-state index in [4.69, 9.17) is 10.2 Å². The number of rotatable bonds is 7. The molecule has 1 aliphatic rings. The minimum absolute atomic E-state index is 0.0680. The zero-order valence-electron chi connectivity index (χ0n) is 10.8. The SMILES string of the molecule is CC(=O)N[C@@H](CSCC1=C(C(=O)O)CCC1=O)C(=O)O. The predicted molar refractivity (Wildman–Crippen MR) is 71.5 cm³/mol. The van der Waals surface area contributed by atoms with Crippen molar-refractivity contribution in [3.05, 3.63) is 11.1 Å². The predicted octanol–water partition coefficient (Wildman–Crippen LogP) is 0.0530. The summed E-state index contributed by atoms with van der Waals surface area (Å²) in [5.41, 5.74) is 0.350. The van der Waals surface area contributed by atoms with Gasteiger partial charge in [0.15, 0.2) is 5.78 Å². The molecule has 20 heavy (non-hydrogen) atoms. The highest BCUT2D eigenvalue weighted by Crippen LogP contribution is 2.26. The van der Waals surface area contributed by atoms with E-state index in [1.54, 1.807) is 0 Å². The third-order valence-electron chi connectivity index (χ3n) is 2.77. The first-order valence-corrected chi connectivity index (χ1v) is 7.04. The number of aliphatic carboxylic acids is 2. The minimum Gasteiger partial charge on any atom is -0.480 e. The number of thioether (sulfide) groups is 1. The van der Waals surface area contributed by atoms with E-state index < -0.39 is 23.9 Å². The molecule has 0 unspecified atom stereocenters. The number of carbonyl (C=O) groups is 4. The Hall–Kier alpha value is -1.83. The Morgan fingerprint density at radius 2 is 1.95 bits per heavy atom. The van der Waals surface area contributed by atoms with Crippen molar-refractivity contribution in [3.63, 3.8) is 0 Å². The molecule has 1 amide bonds. The van der Waals surface area contributed by atoms with Gasteiger partial charge in [0.05, 0.1) is 0 Å². The average molecular weight is 301 g/mol. The Morgan fingerprint density at radius 1 is 1.30 bits per heavy atom. The maximum Gasteiger partial charge on any atom is 0.332 e. The monoisotopic (exact) mass is 301 g/mol. The molecule has 0 fully saturated rings. The zero-order chi connectivity index (χ0) is 15.3. The Labute approximate surface area is 119 Å². The maximum absolute atomic E-state index is 11.6. The van der Waals surface area contributed by atoms with Gasteiger partial charge in [0.25, 0.3) is 0 Å². The van der Waals surface area contributed by atoms with Crippen LogP contribution in [0.4, 0.5) is 0 Å². The lowest BCUT2D eigenvalue weighted by atomic mass is 10.2. The molecule has 0 aliphatic heterocycles. The molecular formula is C12H15NO6S. The number of hydrogen-bond acceptors (Lipinski definition) is 5. The topological polar surface area (TPSA) is 121 Å². The van der Waals surface area contributed by atoms with E-state index in [1.807, 2.05) is 0 Å². The summed E-state index contributed by atoms with van der Waals surface area (Å²) in [5, 5.41) is 20.1. The smallest absolute Gasteiger partial charge is 0.332 e. The fourth-order valence-electron chi connectivity index (χ4n) is 1.81. The molecule has 0 aromatic rings. The van der Waals surface area contributed by atoms with Crippen molar-refractivity contribution < 1.29 is 29.4 Å². The van der Waals surface area contributed by atoms with Gasteiger partial charge in [0, 0.05) is 36.0 Å². The number of ketones is 1. The molecule has 0 aromatic heterocycles. The summed E-state index contributed by atoms with van der Waals surface area (Å²) in [6, 6.07) is -1.05. The summed E-state index contributed by atoms with van der Waals surface area (Å²) < 4.78 is 0. The van der Waals surface area contributed by atoms with E-state index >= 15 is 0 Å². The molecule has 0 spiro atoms. The minimum atomic E-state index is -1.17. The Balaban J connectivity index is 2.60. The zero-order valence-corrected chi connectivity index (χ0v) is 11.7. The maximum atomic E-state index is 11.6. The van der Waals surface area contributed by atoms with Crippen molar-refractivity contribution in [1.29, 1.82) is 0 Å². The van der Waals surface area contributed by atoms with Crippen molar-refractivity contribution in [3.8, 4) is 0 Å². The van der Waals surface area contributed by atoms with Gasteiger partial charge in [0.1, 0.15) is 6.04 Å². The number of nitrogens with one attached hydrogen (secondary N) is 1. The summed E-state index contributed by atoms with van der Waals surface area (Å²) in [6.45, 7) is 1.21. The van der Waals surface area contributed by atoms with Crippen LogP contribution in [0, 0.1) is 0 Å². The molecule has 7 nitrogen and oxygen atoms in total. The molecule has 0 saturated heterocycles. The van der Waals surface area contributed by atoms with Gasteiger partial charge >= 0.3 is 11.9 Å². The lowest BCUT2D eigenvalue weighted by Gasteiger charge is -2.12. The van der Waals surface area contributed by atoms with Crippen molar-refractivity contribution in [2.45, 2.75) is 25.8 Å². The van der Waals surface area contributed by atoms with Crippen LogP contribution in [-0.2, 0) is 19.2 Å². The number of carboxylic acid groups (broad SMARTS) is 2. The fourth-order valence-corrected chi connectivity index (χ4v) is 2.93. The van der Waals surface area contributed by atoms with Gasteiger partial charge in [-0.3, -0.25) is 9.59 Å². The van der Waals surface area contributed by atoms with Gasteiger partial charge in [-0.15, -0.1) is 0 Å². The van der Waals surface area contributed by atoms with Crippen molar-refractivity contribution in [2.24, 2.45) is 0 Å². The van der Waals surface area contributed by atoms with Gasteiger partial charge in [-0.05, 0) is 6.42 Å². The van der Waals surface area contributed by atoms with Crippen molar-refractivity contribution >= 4 is 35.4 Å². The van der Waals surface area contributed by atoms with Gasteiger partial charge in [-0.1, -0.05) is 0 Å². The number of Topliss-reactive ketones (excluding diaryl/α,β-unsaturated/α-hetero) is 1. The molecule has 1 rings (SSSR count). The summed E-state index contributed by atoms with van der Waals surface area (Å²) in [4.78, 5) is 44.2. The summed E-state index contributed by atoms with van der Waals surface area (Å²) >= 11 is 1.12. The summed E-state index contributed by atoms with van der Waals surface area (Å²) in [5.74, 6) is -2.73. The molecule has 8 heteroatoms. The molecule has 0 bridgehead atoms. The second-order valence-electron chi connectivity index (χ2n) is 4.29. The van der Waals surface area contributed by atoms with Crippen LogP contribution in [0.2, 0.25) is 0 Å². The van der Waals surface area contributed by atoms with E-state index in [2.05, 4.69) is 5.32 Å². The lowest BCUT2D eigenvalue weighted by Crippen LogP contribution is -2.41. The first-order chi connectivity index (χ1) is 9.32. The van der Waals surface area contributed by atoms with Crippen LogP contribution in [-0.4, -0.2) is 51.4 Å². The van der Waals surface area contributed by atoms with Gasteiger partial charge in [-0.25, -0.2) is 9.59 Å². The molecular weight excluding hydrogens is 286 g/mol. The molecule has 0 radical (unpaired) electrons. The number of hydrogen-bond donors (Lipinski definition) is 3. The average Bonchev–Trinajstić information content (AvgIpc) is 2.69. The van der Waals surface area contributed by atoms with Crippen molar-refractivity contribution in [1.82, 2.24) is 5.32 Å². The van der Waals surface area contributed by atoms with Crippen LogP contribution < -0.4 is 5.32 Å². The summed E-state index contributed by atoms with van der Waals surface area (Å²) in [7, 11) is 0. The molecule has 1 atom stereocenters. The molecule has 0 heterocycles. The number of carbonyl (C=O) groups excluding carboxylic acids is 2. The van der Waals surface area contributed by atoms with Gasteiger partial charge < -0.3 is 15.5 Å². The van der Waals surface area contributed by atoms with Crippen LogP contribution in [0.15, 0.2) is 11.1 Å². The molecule has 0 aromatic carbocycles. The second-order valence-corrected chi connectivity index (χ2v) is 5.32. The molecule has 3 N–H and O–H groups in total. The van der Waals surface area contributed by atoms with Gasteiger partial charge in [0.2, 0.25) is 5.91 Å². The van der Waals surface area contributed by atoms with E-state index in [0.29, 0.717) is 0 Å². The Morgan fingerprint density at radius 3 is 2.45 bits per heavy atom. The lowest BCUT2D eigenvalue weighted by molar-refractivity contribution is -0.140. The molecule has 110 valence electrons. The number of amides is 1. The first kappa shape index (κ1) is 16.2. The fraction of sp³-hybridized carbons (Fsp3) is 0.500. The highest BCUT2D eigenvalue weighted by molar-refractivity contribution is 7.99. The largest absolute Gasteiger partial charge is 0.480 e. The molecule has 0 saturated carbocycles. The van der Waals surface area contributed by atoms with E-state index in [-0.39, 0.29) is 41.3 Å². The number of carboxylic acids is 2. The third-order valence-corrected chi connectivity index (χ3v) is 3.83. The quantitative estimate of drug-likeness (QED) is 0.607. The highest BCUT2D eigenvalue weighted by atomic mass is 32.2.